The lowest BCUT2D eigenvalue weighted by Crippen LogP contribution is -2.48. The molecule has 1 aromatic carbocycles. The molecular weight excluding hydrogens is 304 g/mol. The monoisotopic (exact) mass is 326 g/mol. The highest BCUT2D eigenvalue weighted by molar-refractivity contribution is 8.13. The van der Waals surface area contributed by atoms with E-state index in [0.717, 1.165) is 29.3 Å². The van der Waals surface area contributed by atoms with Crippen molar-refractivity contribution in [3.63, 3.8) is 0 Å². The van der Waals surface area contributed by atoms with E-state index in [1.165, 1.54) is 6.26 Å². The van der Waals surface area contributed by atoms with Gasteiger partial charge < -0.3 is 5.32 Å². The van der Waals surface area contributed by atoms with Gasteiger partial charge in [-0.15, -0.1) is 0 Å². The fraction of sp³-hybridized carbons (Fsp3) is 0.533. The normalized spacial score (nSPS) is 24.8. The van der Waals surface area contributed by atoms with Crippen molar-refractivity contribution in [2.45, 2.75) is 43.7 Å². The zero-order chi connectivity index (χ0) is 15.5. The quantitative estimate of drug-likeness (QED) is 0.924. The van der Waals surface area contributed by atoms with E-state index in [2.05, 4.69) is 24.2 Å². The number of thioether (sulfide) groups is 1. The van der Waals surface area contributed by atoms with Gasteiger partial charge in [0.1, 0.15) is 0 Å². The minimum Gasteiger partial charge on any atom is -0.360 e. The molecule has 21 heavy (non-hydrogen) atoms. The number of rotatable bonds is 4. The van der Waals surface area contributed by atoms with Gasteiger partial charge in [-0.1, -0.05) is 30.8 Å². The molecule has 116 valence electrons. The molecule has 0 aliphatic carbocycles. The summed E-state index contributed by atoms with van der Waals surface area (Å²) in [6, 6.07) is 6.94. The third-order valence-corrected chi connectivity index (χ3v) is 5.88. The molecular formula is C15H22N2O2S2. The van der Waals surface area contributed by atoms with E-state index in [1.807, 2.05) is 12.1 Å². The van der Waals surface area contributed by atoms with Crippen molar-refractivity contribution in [3.05, 3.63) is 29.8 Å². The number of hydrogen-bond acceptors (Lipinski definition) is 4. The molecule has 1 aliphatic rings. The van der Waals surface area contributed by atoms with Crippen LogP contribution in [-0.4, -0.2) is 31.1 Å². The molecule has 1 saturated heterocycles. The van der Waals surface area contributed by atoms with Gasteiger partial charge >= 0.3 is 0 Å². The van der Waals surface area contributed by atoms with Crippen molar-refractivity contribution in [1.29, 1.82) is 0 Å². The third kappa shape index (κ3) is 4.48. The lowest BCUT2D eigenvalue weighted by molar-refractivity contribution is 0.390. The van der Waals surface area contributed by atoms with Gasteiger partial charge in [-0.25, -0.2) is 8.42 Å². The first kappa shape index (κ1) is 16.4. The maximum atomic E-state index is 11.4. The van der Waals surface area contributed by atoms with Crippen LogP contribution >= 0.6 is 11.8 Å². The summed E-state index contributed by atoms with van der Waals surface area (Å²) in [4.78, 5) is 4.96. The Balaban J connectivity index is 2.04. The molecule has 1 N–H and O–H groups in total. The van der Waals surface area contributed by atoms with E-state index in [9.17, 15) is 8.42 Å². The number of hydrogen-bond donors (Lipinski definition) is 1. The van der Waals surface area contributed by atoms with Crippen molar-refractivity contribution in [2.75, 3.05) is 12.0 Å². The Bertz CT molecular complexity index is 624. The zero-order valence-corrected chi connectivity index (χ0v) is 14.4. The minimum absolute atomic E-state index is 0.143. The largest absolute Gasteiger partial charge is 0.360 e. The Morgan fingerprint density at radius 2 is 2.00 bits per heavy atom. The molecule has 1 heterocycles. The summed E-state index contributed by atoms with van der Waals surface area (Å²) in [5.74, 6) is 1.09. The van der Waals surface area contributed by atoms with Gasteiger partial charge in [-0.3, -0.25) is 4.99 Å². The predicted molar refractivity (Wildman–Crippen MR) is 89.6 cm³/mol. The van der Waals surface area contributed by atoms with Gasteiger partial charge in [0.15, 0.2) is 15.0 Å². The Morgan fingerprint density at radius 3 is 2.57 bits per heavy atom. The van der Waals surface area contributed by atoms with Crippen molar-refractivity contribution < 1.29 is 8.42 Å². The van der Waals surface area contributed by atoms with Crippen LogP contribution < -0.4 is 5.32 Å². The molecule has 0 radical (unpaired) electrons. The second-order valence-corrected chi connectivity index (χ2v) is 8.77. The van der Waals surface area contributed by atoms with E-state index < -0.39 is 9.84 Å². The van der Waals surface area contributed by atoms with Crippen molar-refractivity contribution >= 4 is 26.8 Å². The van der Waals surface area contributed by atoms with Crippen LogP contribution in [0, 0.1) is 0 Å². The lowest BCUT2D eigenvalue weighted by atomic mass is 9.96. The molecule has 0 bridgehead atoms. The molecule has 0 spiro atoms. The lowest BCUT2D eigenvalue weighted by Gasteiger charge is -2.35. The van der Waals surface area contributed by atoms with Crippen LogP contribution in [-0.2, 0) is 16.4 Å². The summed E-state index contributed by atoms with van der Waals surface area (Å²) in [5, 5.41) is 4.49. The van der Waals surface area contributed by atoms with Gasteiger partial charge in [0.2, 0.25) is 0 Å². The number of aliphatic imine (C=N–C) groups is 1. The fourth-order valence-electron chi connectivity index (χ4n) is 2.09. The van der Waals surface area contributed by atoms with Gasteiger partial charge in [0.05, 0.1) is 11.4 Å². The van der Waals surface area contributed by atoms with E-state index in [4.69, 9.17) is 0 Å². The average molecular weight is 326 g/mol. The van der Waals surface area contributed by atoms with Crippen molar-refractivity contribution in [3.8, 4) is 0 Å². The smallest absolute Gasteiger partial charge is 0.175 e. The Hall–Kier alpha value is -1.01. The predicted octanol–water partition coefficient (Wildman–Crippen LogP) is 2.84. The van der Waals surface area contributed by atoms with Gasteiger partial charge in [0, 0.05) is 17.5 Å². The topological polar surface area (TPSA) is 58.5 Å². The van der Waals surface area contributed by atoms with Crippen LogP contribution in [0.25, 0.3) is 0 Å². The summed E-state index contributed by atoms with van der Waals surface area (Å²) in [6.07, 6.45) is 3.45. The molecule has 1 aliphatic heterocycles. The van der Waals surface area contributed by atoms with E-state index in [-0.39, 0.29) is 5.54 Å². The summed E-state index contributed by atoms with van der Waals surface area (Å²) in [5.41, 5.74) is 1.16. The van der Waals surface area contributed by atoms with E-state index in [0.29, 0.717) is 11.4 Å². The first-order valence-electron chi connectivity index (χ1n) is 7.07. The summed E-state index contributed by atoms with van der Waals surface area (Å²) >= 11 is 1.75. The molecule has 1 fully saturated rings. The Labute approximate surface area is 131 Å². The number of nitrogens with one attached hydrogen (secondary N) is 1. The van der Waals surface area contributed by atoms with Gasteiger partial charge in [0.25, 0.3) is 0 Å². The Morgan fingerprint density at radius 1 is 1.33 bits per heavy atom. The standard InChI is InChI=1S/C15H22N2O2S2/c1-4-15(2)9-10-20-14(17-15)16-11-12-5-7-13(8-6-12)21(3,18)19/h5-8H,4,9-11H2,1-3H3,(H,16,17). The van der Waals surface area contributed by atoms with Crippen LogP contribution in [0.4, 0.5) is 0 Å². The number of benzene rings is 1. The maximum Gasteiger partial charge on any atom is 0.175 e. The summed E-state index contributed by atoms with van der Waals surface area (Å²) in [7, 11) is -3.13. The highest BCUT2D eigenvalue weighted by Gasteiger charge is 2.27. The molecule has 1 aromatic rings. The molecule has 6 heteroatoms. The molecule has 0 aromatic heterocycles. The molecule has 4 nitrogen and oxygen atoms in total. The molecule has 2 rings (SSSR count). The number of nitrogens with zero attached hydrogens (tertiary/aromatic N) is 1. The fourth-order valence-corrected chi connectivity index (χ4v) is 3.94. The van der Waals surface area contributed by atoms with E-state index >= 15 is 0 Å². The first-order valence-corrected chi connectivity index (χ1v) is 9.94. The molecule has 0 amide bonds. The second-order valence-electron chi connectivity index (χ2n) is 5.68. The van der Waals surface area contributed by atoms with Gasteiger partial charge in [-0.2, -0.15) is 0 Å². The molecule has 1 unspecified atom stereocenters. The second kappa shape index (κ2) is 6.40. The summed E-state index contributed by atoms with van der Waals surface area (Å²) < 4.78 is 22.8. The van der Waals surface area contributed by atoms with Crippen LogP contribution in [0.1, 0.15) is 32.3 Å². The molecule has 0 saturated carbocycles. The minimum atomic E-state index is -3.13. The third-order valence-electron chi connectivity index (χ3n) is 3.84. The van der Waals surface area contributed by atoms with E-state index in [1.54, 1.807) is 23.9 Å². The van der Waals surface area contributed by atoms with Crippen LogP contribution in [0.15, 0.2) is 34.2 Å². The van der Waals surface area contributed by atoms with Crippen molar-refractivity contribution in [1.82, 2.24) is 5.32 Å². The average Bonchev–Trinajstić information content (AvgIpc) is 2.45. The summed E-state index contributed by atoms with van der Waals surface area (Å²) in [6.45, 7) is 4.98. The van der Waals surface area contributed by atoms with Crippen LogP contribution in [0.3, 0.4) is 0 Å². The number of amidine groups is 1. The van der Waals surface area contributed by atoms with Crippen LogP contribution in [0.2, 0.25) is 0 Å². The van der Waals surface area contributed by atoms with Crippen LogP contribution in [0.5, 0.6) is 0 Å². The SMILES string of the molecule is CCC1(C)CCSC(=NCc2ccc(S(C)(=O)=O)cc2)N1. The molecule has 1 atom stereocenters. The zero-order valence-electron chi connectivity index (χ0n) is 12.7. The highest BCUT2D eigenvalue weighted by Crippen LogP contribution is 2.25. The first-order chi connectivity index (χ1) is 9.82. The van der Waals surface area contributed by atoms with Gasteiger partial charge in [-0.05, 0) is 37.5 Å². The highest BCUT2D eigenvalue weighted by atomic mass is 32.2. The van der Waals surface area contributed by atoms with Crippen molar-refractivity contribution in [2.24, 2.45) is 4.99 Å². The Kier molecular flexibility index (Phi) is 4.99. The number of sulfone groups is 1. The maximum absolute atomic E-state index is 11.4.